The van der Waals surface area contributed by atoms with Gasteiger partial charge in [-0.3, -0.25) is 4.99 Å². The van der Waals surface area contributed by atoms with Crippen molar-refractivity contribution in [2.75, 3.05) is 7.05 Å². The molecule has 1 heterocycles. The Balaban J connectivity index is 2.10. The summed E-state index contributed by atoms with van der Waals surface area (Å²) in [5, 5.41) is 6.82. The van der Waals surface area contributed by atoms with Crippen LogP contribution in [0.3, 0.4) is 0 Å². The third-order valence-corrected chi connectivity index (χ3v) is 5.62. The molecule has 0 unspecified atom stereocenters. The summed E-state index contributed by atoms with van der Waals surface area (Å²) < 4.78 is 2.98. The molecule has 0 saturated heterocycles. The van der Waals surface area contributed by atoms with Crippen LogP contribution in [0.4, 0.5) is 0 Å². The van der Waals surface area contributed by atoms with Crippen LogP contribution in [0.15, 0.2) is 56.3 Å². The van der Waals surface area contributed by atoms with Crippen LogP contribution in [0.2, 0.25) is 0 Å². The largest absolute Gasteiger partial charge is 0.261 e. The Labute approximate surface area is 160 Å². The fourth-order valence-electron chi connectivity index (χ4n) is 2.66. The molecular formula is C20H20BrN3S. The molecule has 0 fully saturated rings. The maximum atomic E-state index is 4.70. The maximum Gasteiger partial charge on any atom is 0.205 e. The van der Waals surface area contributed by atoms with Gasteiger partial charge in [0.2, 0.25) is 4.80 Å². The predicted molar refractivity (Wildman–Crippen MR) is 111 cm³/mol. The van der Waals surface area contributed by atoms with Gasteiger partial charge >= 0.3 is 0 Å². The zero-order valence-corrected chi connectivity index (χ0v) is 17.1. The fourth-order valence-corrected chi connectivity index (χ4v) is 3.72. The SMILES string of the molecule is CN=c1scc(-c2cc(C)c(C)cc2C)n1N=Cc1ccc(Br)cc1. The van der Waals surface area contributed by atoms with Crippen LogP contribution in [0.5, 0.6) is 0 Å². The van der Waals surface area contributed by atoms with Crippen LogP contribution < -0.4 is 4.80 Å². The predicted octanol–water partition coefficient (Wildman–Crippen LogP) is 5.32. The van der Waals surface area contributed by atoms with Crippen LogP contribution in [-0.4, -0.2) is 17.9 Å². The molecule has 3 nitrogen and oxygen atoms in total. The van der Waals surface area contributed by atoms with Gasteiger partial charge in [0.15, 0.2) is 0 Å². The normalized spacial score (nSPS) is 12.3. The highest BCUT2D eigenvalue weighted by molar-refractivity contribution is 9.10. The summed E-state index contributed by atoms with van der Waals surface area (Å²) in [6.07, 6.45) is 1.87. The van der Waals surface area contributed by atoms with E-state index in [1.165, 1.54) is 22.3 Å². The van der Waals surface area contributed by atoms with Gasteiger partial charge in [-0.15, -0.1) is 11.3 Å². The molecular weight excluding hydrogens is 394 g/mol. The molecule has 0 N–H and O–H groups in total. The van der Waals surface area contributed by atoms with Gasteiger partial charge in [-0.05, 0) is 61.2 Å². The van der Waals surface area contributed by atoms with Crippen molar-refractivity contribution in [3.05, 3.63) is 73.3 Å². The lowest BCUT2D eigenvalue weighted by molar-refractivity contribution is 0.847. The third kappa shape index (κ3) is 3.83. The van der Waals surface area contributed by atoms with Crippen molar-refractivity contribution in [2.24, 2.45) is 10.1 Å². The number of hydrogen-bond acceptors (Lipinski definition) is 3. The van der Waals surface area contributed by atoms with Gasteiger partial charge in [0.25, 0.3) is 0 Å². The van der Waals surface area contributed by atoms with Crippen molar-refractivity contribution in [1.82, 2.24) is 4.68 Å². The molecule has 3 aromatic rings. The van der Waals surface area contributed by atoms with Crippen molar-refractivity contribution in [3.8, 4) is 11.3 Å². The monoisotopic (exact) mass is 413 g/mol. The van der Waals surface area contributed by atoms with Crippen molar-refractivity contribution in [1.29, 1.82) is 0 Å². The van der Waals surface area contributed by atoms with Crippen LogP contribution in [0, 0.1) is 20.8 Å². The number of thiazole rings is 1. The molecule has 0 spiro atoms. The van der Waals surface area contributed by atoms with Crippen LogP contribution in [0.1, 0.15) is 22.3 Å². The summed E-state index contributed by atoms with van der Waals surface area (Å²) in [4.78, 5) is 5.25. The number of nitrogens with zero attached hydrogens (tertiary/aromatic N) is 3. The van der Waals surface area contributed by atoms with Gasteiger partial charge in [0.05, 0.1) is 11.9 Å². The highest BCUT2D eigenvalue weighted by atomic mass is 79.9. The molecule has 0 aliphatic heterocycles. The van der Waals surface area contributed by atoms with E-state index in [4.69, 9.17) is 5.10 Å². The minimum atomic E-state index is 0.876. The summed E-state index contributed by atoms with van der Waals surface area (Å²) in [6.45, 7) is 6.43. The molecule has 5 heteroatoms. The molecule has 0 bridgehead atoms. The van der Waals surface area contributed by atoms with Crippen LogP contribution >= 0.6 is 27.3 Å². The zero-order valence-electron chi connectivity index (χ0n) is 14.7. The Bertz CT molecular complexity index is 995. The van der Waals surface area contributed by atoms with Gasteiger partial charge in [0, 0.05) is 22.5 Å². The van der Waals surface area contributed by atoms with E-state index in [2.05, 4.69) is 59.2 Å². The summed E-state index contributed by atoms with van der Waals surface area (Å²) in [5.41, 5.74) is 7.15. The molecule has 0 radical (unpaired) electrons. The van der Waals surface area contributed by atoms with Crippen molar-refractivity contribution in [2.45, 2.75) is 20.8 Å². The Morgan fingerprint density at radius 3 is 2.36 bits per heavy atom. The van der Waals surface area contributed by atoms with E-state index in [0.29, 0.717) is 0 Å². The number of benzene rings is 2. The smallest absolute Gasteiger partial charge is 0.205 e. The van der Waals surface area contributed by atoms with Crippen LogP contribution in [-0.2, 0) is 0 Å². The van der Waals surface area contributed by atoms with Gasteiger partial charge < -0.3 is 0 Å². The van der Waals surface area contributed by atoms with E-state index in [0.717, 1.165) is 20.5 Å². The van der Waals surface area contributed by atoms with E-state index in [9.17, 15) is 0 Å². The van der Waals surface area contributed by atoms with E-state index in [1.54, 1.807) is 18.4 Å². The van der Waals surface area contributed by atoms with Crippen molar-refractivity contribution in [3.63, 3.8) is 0 Å². The number of hydrogen-bond donors (Lipinski definition) is 0. The minimum absolute atomic E-state index is 0.876. The number of rotatable bonds is 3. The lowest BCUT2D eigenvalue weighted by Crippen LogP contribution is -2.12. The molecule has 25 heavy (non-hydrogen) atoms. The highest BCUT2D eigenvalue weighted by Crippen LogP contribution is 2.27. The number of halogens is 1. The number of aryl methyl sites for hydroxylation is 3. The molecule has 2 aromatic carbocycles. The topological polar surface area (TPSA) is 29.6 Å². The lowest BCUT2D eigenvalue weighted by Gasteiger charge is -2.10. The first-order valence-corrected chi connectivity index (χ1v) is 9.68. The standard InChI is InChI=1S/C20H20BrN3S/c1-13-9-15(3)18(10-14(13)2)19-12-25-20(22-4)24(19)23-11-16-5-7-17(21)8-6-16/h5-12H,1-4H3. The highest BCUT2D eigenvalue weighted by Gasteiger charge is 2.11. The molecule has 0 amide bonds. The Morgan fingerprint density at radius 1 is 1.00 bits per heavy atom. The third-order valence-electron chi connectivity index (χ3n) is 4.19. The molecule has 128 valence electrons. The second-order valence-corrected chi connectivity index (χ2v) is 7.74. The van der Waals surface area contributed by atoms with Crippen molar-refractivity contribution >= 4 is 33.5 Å². The summed E-state index contributed by atoms with van der Waals surface area (Å²) in [5.74, 6) is 0. The summed E-state index contributed by atoms with van der Waals surface area (Å²) in [7, 11) is 1.80. The second kappa shape index (κ2) is 7.50. The van der Waals surface area contributed by atoms with Gasteiger partial charge in [-0.1, -0.05) is 34.1 Å². The minimum Gasteiger partial charge on any atom is -0.261 e. The van der Waals surface area contributed by atoms with Gasteiger partial charge in [-0.25, -0.2) is 4.68 Å². The first-order valence-electron chi connectivity index (χ1n) is 8.01. The van der Waals surface area contributed by atoms with Gasteiger partial charge in [-0.2, -0.15) is 5.10 Å². The molecule has 0 saturated carbocycles. The fraction of sp³-hybridized carbons (Fsp3) is 0.200. The first-order chi connectivity index (χ1) is 12.0. The lowest BCUT2D eigenvalue weighted by atomic mass is 9.99. The molecule has 0 aliphatic carbocycles. The molecule has 1 aromatic heterocycles. The Morgan fingerprint density at radius 2 is 1.68 bits per heavy atom. The number of aromatic nitrogens is 1. The van der Waals surface area contributed by atoms with Gasteiger partial charge in [0.1, 0.15) is 0 Å². The van der Waals surface area contributed by atoms with Crippen molar-refractivity contribution < 1.29 is 0 Å². The summed E-state index contributed by atoms with van der Waals surface area (Å²) in [6, 6.07) is 12.6. The maximum absolute atomic E-state index is 4.70. The van der Waals surface area contributed by atoms with Crippen LogP contribution in [0.25, 0.3) is 11.3 Å². The average Bonchev–Trinajstić information content (AvgIpc) is 3.00. The average molecular weight is 414 g/mol. The zero-order chi connectivity index (χ0) is 18.0. The Hall–Kier alpha value is -1.98. The molecule has 0 atom stereocenters. The second-order valence-electron chi connectivity index (χ2n) is 5.99. The van der Waals surface area contributed by atoms with E-state index < -0.39 is 0 Å². The first kappa shape index (κ1) is 17.8. The summed E-state index contributed by atoms with van der Waals surface area (Å²) >= 11 is 5.06. The Kier molecular flexibility index (Phi) is 5.35. The quantitative estimate of drug-likeness (QED) is 0.520. The van der Waals surface area contributed by atoms with E-state index in [1.807, 2.05) is 35.2 Å². The van der Waals surface area contributed by atoms with E-state index in [-0.39, 0.29) is 0 Å². The molecule has 3 rings (SSSR count). The van der Waals surface area contributed by atoms with E-state index >= 15 is 0 Å². The molecule has 0 aliphatic rings.